The van der Waals surface area contributed by atoms with Gasteiger partial charge in [-0.15, -0.1) is 0 Å². The number of fused-ring (bicyclic) bond motifs is 1. The molecule has 0 radical (unpaired) electrons. The van der Waals surface area contributed by atoms with Crippen molar-refractivity contribution in [3.05, 3.63) is 114 Å². The molecule has 4 nitrogen and oxygen atoms in total. The topological polar surface area (TPSA) is 50.7 Å². The summed E-state index contributed by atoms with van der Waals surface area (Å²) in [5.74, 6) is 0.0614. The number of rotatable bonds is 7. The molecule has 0 spiro atoms. The number of amides is 1. The third-order valence-electron chi connectivity index (χ3n) is 4.85. The first-order valence-electron chi connectivity index (χ1n) is 9.94. The molecular formula is C26H21FN2O2. The van der Waals surface area contributed by atoms with Crippen molar-refractivity contribution in [2.75, 3.05) is 0 Å². The molecule has 0 fully saturated rings. The second-order valence-electron chi connectivity index (χ2n) is 7.06. The summed E-state index contributed by atoms with van der Waals surface area (Å²) in [6.07, 6.45) is 1.68. The number of benzene rings is 4. The maximum absolute atomic E-state index is 13.0. The number of hydrogen-bond donors (Lipinski definition) is 1. The van der Waals surface area contributed by atoms with Crippen molar-refractivity contribution in [1.82, 2.24) is 5.43 Å². The molecule has 1 amide bonds. The van der Waals surface area contributed by atoms with E-state index in [-0.39, 0.29) is 18.1 Å². The van der Waals surface area contributed by atoms with E-state index in [1.165, 1.54) is 17.5 Å². The molecule has 0 unspecified atom stereocenters. The standard InChI is InChI=1S/C26H21FN2O2/c27-23-14-12-19(13-15-23)16-26(30)29-28-17-21-7-2-4-11-25(21)31-18-22-9-5-8-20-6-1-3-10-24(20)22/h1-15,17H,16,18H2,(H,29,30)/b28-17+. The van der Waals surface area contributed by atoms with Gasteiger partial charge in [0.2, 0.25) is 5.91 Å². The molecule has 0 aliphatic heterocycles. The maximum atomic E-state index is 13.0. The second-order valence-corrected chi connectivity index (χ2v) is 7.06. The molecule has 0 atom stereocenters. The minimum atomic E-state index is -0.331. The summed E-state index contributed by atoms with van der Waals surface area (Å²) in [6.45, 7) is 0.420. The normalized spacial score (nSPS) is 11.0. The van der Waals surface area contributed by atoms with Crippen LogP contribution >= 0.6 is 0 Å². The van der Waals surface area contributed by atoms with Crippen LogP contribution in [-0.4, -0.2) is 12.1 Å². The lowest BCUT2D eigenvalue weighted by Crippen LogP contribution is -2.19. The minimum Gasteiger partial charge on any atom is -0.488 e. The van der Waals surface area contributed by atoms with Crippen LogP contribution in [0, 0.1) is 5.82 Å². The monoisotopic (exact) mass is 412 g/mol. The Morgan fingerprint density at radius 2 is 1.65 bits per heavy atom. The Hall–Kier alpha value is -3.99. The third kappa shape index (κ3) is 5.34. The third-order valence-corrected chi connectivity index (χ3v) is 4.85. The average Bonchev–Trinajstić information content (AvgIpc) is 2.80. The number of halogens is 1. The van der Waals surface area contributed by atoms with Gasteiger partial charge in [-0.2, -0.15) is 5.10 Å². The van der Waals surface area contributed by atoms with E-state index in [0.29, 0.717) is 17.9 Å². The van der Waals surface area contributed by atoms with Crippen molar-refractivity contribution in [2.24, 2.45) is 5.10 Å². The van der Waals surface area contributed by atoms with E-state index in [1.54, 1.807) is 18.3 Å². The van der Waals surface area contributed by atoms with Crippen molar-refractivity contribution in [2.45, 2.75) is 13.0 Å². The van der Waals surface area contributed by atoms with Gasteiger partial charge in [-0.25, -0.2) is 9.82 Å². The van der Waals surface area contributed by atoms with Crippen molar-refractivity contribution in [1.29, 1.82) is 0 Å². The van der Waals surface area contributed by atoms with Crippen LogP contribution in [0.4, 0.5) is 4.39 Å². The van der Waals surface area contributed by atoms with E-state index >= 15 is 0 Å². The molecule has 0 heterocycles. The minimum absolute atomic E-state index is 0.122. The van der Waals surface area contributed by atoms with Crippen LogP contribution in [0.1, 0.15) is 16.7 Å². The first-order chi connectivity index (χ1) is 15.2. The molecule has 0 aliphatic carbocycles. The maximum Gasteiger partial charge on any atom is 0.244 e. The smallest absolute Gasteiger partial charge is 0.244 e. The van der Waals surface area contributed by atoms with Crippen LogP contribution in [0.2, 0.25) is 0 Å². The molecule has 0 aliphatic rings. The van der Waals surface area contributed by atoms with Gasteiger partial charge < -0.3 is 4.74 Å². The quantitative estimate of drug-likeness (QED) is 0.333. The molecule has 0 aromatic heterocycles. The predicted octanol–water partition coefficient (Wildman–Crippen LogP) is 5.25. The number of para-hydroxylation sites is 1. The van der Waals surface area contributed by atoms with Crippen LogP contribution in [-0.2, 0) is 17.8 Å². The van der Waals surface area contributed by atoms with Crippen molar-refractivity contribution >= 4 is 22.9 Å². The Morgan fingerprint density at radius 3 is 2.52 bits per heavy atom. The summed E-state index contributed by atoms with van der Waals surface area (Å²) in [4.78, 5) is 12.1. The van der Waals surface area contributed by atoms with E-state index < -0.39 is 0 Å². The van der Waals surface area contributed by atoms with Gasteiger partial charge in [0.15, 0.2) is 0 Å². The fourth-order valence-electron chi connectivity index (χ4n) is 3.29. The zero-order chi connectivity index (χ0) is 21.5. The summed E-state index contributed by atoms with van der Waals surface area (Å²) < 4.78 is 19.0. The van der Waals surface area contributed by atoms with Gasteiger partial charge in [0, 0.05) is 5.56 Å². The van der Waals surface area contributed by atoms with Crippen molar-refractivity contribution < 1.29 is 13.9 Å². The zero-order valence-corrected chi connectivity index (χ0v) is 16.8. The summed E-state index contributed by atoms with van der Waals surface area (Å²) >= 11 is 0. The molecule has 0 saturated carbocycles. The number of carbonyl (C=O) groups is 1. The number of nitrogens with zero attached hydrogens (tertiary/aromatic N) is 1. The number of hydrogen-bond acceptors (Lipinski definition) is 3. The highest BCUT2D eigenvalue weighted by Crippen LogP contribution is 2.22. The Morgan fingerprint density at radius 1 is 0.903 bits per heavy atom. The van der Waals surface area contributed by atoms with E-state index in [4.69, 9.17) is 4.74 Å². The lowest BCUT2D eigenvalue weighted by molar-refractivity contribution is -0.120. The van der Waals surface area contributed by atoms with Gasteiger partial charge in [0.05, 0.1) is 12.6 Å². The fraction of sp³-hybridized carbons (Fsp3) is 0.0769. The lowest BCUT2D eigenvalue weighted by Gasteiger charge is -2.11. The molecule has 4 aromatic rings. The Labute approximate surface area is 180 Å². The highest BCUT2D eigenvalue weighted by molar-refractivity contribution is 5.86. The molecule has 154 valence electrons. The molecule has 0 saturated heterocycles. The number of nitrogens with one attached hydrogen (secondary N) is 1. The number of hydrazone groups is 1. The van der Waals surface area contributed by atoms with Gasteiger partial charge in [0.25, 0.3) is 0 Å². The molecular weight excluding hydrogens is 391 g/mol. The highest BCUT2D eigenvalue weighted by Gasteiger charge is 2.06. The van der Waals surface area contributed by atoms with Crippen molar-refractivity contribution in [3.63, 3.8) is 0 Å². The average molecular weight is 412 g/mol. The van der Waals surface area contributed by atoms with Crippen LogP contribution in [0.15, 0.2) is 96.1 Å². The molecule has 4 rings (SSSR count). The van der Waals surface area contributed by atoms with Gasteiger partial charge in [-0.3, -0.25) is 4.79 Å². The van der Waals surface area contributed by atoms with E-state index in [1.807, 2.05) is 42.5 Å². The number of ether oxygens (including phenoxy) is 1. The van der Waals surface area contributed by atoms with Gasteiger partial charge in [-0.1, -0.05) is 66.7 Å². The van der Waals surface area contributed by atoms with Gasteiger partial charge >= 0.3 is 0 Å². The zero-order valence-electron chi connectivity index (χ0n) is 16.8. The molecule has 5 heteroatoms. The Balaban J connectivity index is 1.40. The molecule has 1 N–H and O–H groups in total. The summed E-state index contributed by atoms with van der Waals surface area (Å²) in [7, 11) is 0. The molecule has 0 bridgehead atoms. The molecule has 4 aromatic carbocycles. The SMILES string of the molecule is O=C(Cc1ccc(F)cc1)N/N=C/c1ccccc1OCc1cccc2ccccc12. The van der Waals surface area contributed by atoms with Crippen LogP contribution in [0.25, 0.3) is 10.8 Å². The largest absolute Gasteiger partial charge is 0.488 e. The van der Waals surface area contributed by atoms with Gasteiger partial charge in [-0.05, 0) is 46.2 Å². The van der Waals surface area contributed by atoms with Gasteiger partial charge in [0.1, 0.15) is 18.2 Å². The lowest BCUT2D eigenvalue weighted by atomic mass is 10.1. The van der Waals surface area contributed by atoms with E-state index in [2.05, 4.69) is 34.8 Å². The second kappa shape index (κ2) is 9.67. The first-order valence-corrected chi connectivity index (χ1v) is 9.94. The summed E-state index contributed by atoms with van der Waals surface area (Å²) in [5, 5.41) is 6.37. The van der Waals surface area contributed by atoms with E-state index in [9.17, 15) is 9.18 Å². The van der Waals surface area contributed by atoms with Crippen LogP contribution in [0.5, 0.6) is 5.75 Å². The van der Waals surface area contributed by atoms with E-state index in [0.717, 1.165) is 16.5 Å². The fourth-order valence-corrected chi connectivity index (χ4v) is 3.29. The van der Waals surface area contributed by atoms with Crippen LogP contribution < -0.4 is 10.2 Å². The highest BCUT2D eigenvalue weighted by atomic mass is 19.1. The van der Waals surface area contributed by atoms with Crippen molar-refractivity contribution in [3.8, 4) is 5.75 Å². The van der Waals surface area contributed by atoms with Crippen LogP contribution in [0.3, 0.4) is 0 Å². The first kappa shape index (κ1) is 20.3. The molecule has 31 heavy (non-hydrogen) atoms. The Kier molecular flexibility index (Phi) is 6.33. The summed E-state index contributed by atoms with van der Waals surface area (Å²) in [5.41, 5.74) is 5.07. The summed E-state index contributed by atoms with van der Waals surface area (Å²) in [6, 6.07) is 27.7. The number of carbonyl (C=O) groups excluding carboxylic acids is 1. The Bertz CT molecular complexity index is 1210. The predicted molar refractivity (Wildman–Crippen MR) is 121 cm³/mol.